The van der Waals surface area contributed by atoms with Crippen LogP contribution in [0.3, 0.4) is 0 Å². The van der Waals surface area contributed by atoms with Crippen molar-refractivity contribution in [1.82, 2.24) is 5.43 Å². The number of aryl methyl sites for hydroxylation is 1. The van der Waals surface area contributed by atoms with Crippen LogP contribution < -0.4 is 15.5 Å². The van der Waals surface area contributed by atoms with Crippen molar-refractivity contribution in [1.29, 1.82) is 0 Å². The van der Waals surface area contributed by atoms with E-state index in [1.165, 1.54) is 6.21 Å². The van der Waals surface area contributed by atoms with E-state index in [2.05, 4.69) is 15.8 Å². The molecule has 0 saturated heterocycles. The fourth-order valence-electron chi connectivity index (χ4n) is 2.74. The molecule has 3 rings (SSSR count). The van der Waals surface area contributed by atoms with Crippen LogP contribution in [-0.4, -0.2) is 18.0 Å². The molecule has 3 aromatic carbocycles. The number of carbonyl (C=O) groups excluding carboxylic acids is 2. The Morgan fingerprint density at radius 2 is 1.60 bits per heavy atom. The lowest BCUT2D eigenvalue weighted by Gasteiger charge is -2.08. The third kappa shape index (κ3) is 6.04. The van der Waals surface area contributed by atoms with Gasteiger partial charge in [-0.1, -0.05) is 55.5 Å². The van der Waals surface area contributed by atoms with E-state index in [4.69, 9.17) is 4.74 Å². The van der Waals surface area contributed by atoms with Gasteiger partial charge in [-0.05, 0) is 53.4 Å². The number of rotatable bonds is 7. The average molecular weight is 401 g/mol. The molecular formula is C24H23N3O3. The van der Waals surface area contributed by atoms with Crippen LogP contribution in [0.25, 0.3) is 0 Å². The Labute approximate surface area is 175 Å². The van der Waals surface area contributed by atoms with Crippen molar-refractivity contribution in [3.8, 4) is 5.75 Å². The number of nitrogens with zero attached hydrogens (tertiary/aromatic N) is 1. The fraction of sp³-hybridized carbons (Fsp3) is 0.125. The molecule has 6 nitrogen and oxygen atoms in total. The molecule has 0 radical (unpaired) electrons. The zero-order chi connectivity index (χ0) is 21.2. The summed E-state index contributed by atoms with van der Waals surface area (Å²) in [6, 6.07) is 24.5. The van der Waals surface area contributed by atoms with Crippen LogP contribution in [0, 0.1) is 0 Å². The van der Waals surface area contributed by atoms with Crippen molar-refractivity contribution in [2.45, 2.75) is 20.0 Å². The maximum Gasteiger partial charge on any atom is 0.329 e. The summed E-state index contributed by atoms with van der Waals surface area (Å²) in [6.07, 6.45) is 2.22. The van der Waals surface area contributed by atoms with Crippen LogP contribution in [-0.2, 0) is 22.6 Å². The molecule has 6 heteroatoms. The van der Waals surface area contributed by atoms with Crippen LogP contribution in [0.5, 0.6) is 5.75 Å². The molecule has 3 aromatic rings. The standard InChI is InChI=1S/C24H23N3O3/c1-2-20-10-6-7-11-22(20)26-23(28)24(29)27-25-16-18-12-14-21(15-13-18)30-17-19-8-4-3-5-9-19/h3-16H,2,17H2,1H3,(H,26,28)(H,27,29)/b25-16+. The van der Waals surface area contributed by atoms with Gasteiger partial charge in [0, 0.05) is 5.69 Å². The lowest BCUT2D eigenvalue weighted by molar-refractivity contribution is -0.136. The second kappa shape index (κ2) is 10.6. The Kier molecular flexibility index (Phi) is 7.33. The lowest BCUT2D eigenvalue weighted by atomic mass is 10.1. The van der Waals surface area contributed by atoms with E-state index in [0.29, 0.717) is 12.3 Å². The zero-order valence-electron chi connectivity index (χ0n) is 16.7. The van der Waals surface area contributed by atoms with Crippen molar-refractivity contribution >= 4 is 23.7 Å². The first-order chi connectivity index (χ1) is 14.7. The van der Waals surface area contributed by atoms with Crippen LogP contribution in [0.2, 0.25) is 0 Å². The normalized spacial score (nSPS) is 10.6. The number of anilines is 1. The van der Waals surface area contributed by atoms with Crippen LogP contribution in [0.1, 0.15) is 23.6 Å². The molecule has 0 aromatic heterocycles. The van der Waals surface area contributed by atoms with E-state index < -0.39 is 11.8 Å². The molecule has 0 unspecified atom stereocenters. The smallest absolute Gasteiger partial charge is 0.329 e. The number of para-hydroxylation sites is 1. The van der Waals surface area contributed by atoms with Gasteiger partial charge < -0.3 is 10.1 Å². The van der Waals surface area contributed by atoms with Gasteiger partial charge in [-0.3, -0.25) is 9.59 Å². The molecule has 0 heterocycles. The third-order valence-electron chi connectivity index (χ3n) is 4.36. The number of hydrogen-bond acceptors (Lipinski definition) is 4. The van der Waals surface area contributed by atoms with Crippen molar-refractivity contribution in [2.75, 3.05) is 5.32 Å². The minimum absolute atomic E-state index is 0.487. The Bertz CT molecular complexity index is 1020. The fourth-order valence-corrected chi connectivity index (χ4v) is 2.74. The quantitative estimate of drug-likeness (QED) is 0.358. The molecule has 0 aliphatic heterocycles. The maximum absolute atomic E-state index is 12.0. The zero-order valence-corrected chi connectivity index (χ0v) is 16.7. The summed E-state index contributed by atoms with van der Waals surface area (Å²) in [5.74, 6) is -0.869. The third-order valence-corrected chi connectivity index (χ3v) is 4.36. The number of nitrogens with one attached hydrogen (secondary N) is 2. The molecule has 0 aliphatic rings. The minimum atomic E-state index is -0.833. The first-order valence-corrected chi connectivity index (χ1v) is 9.65. The Hall–Kier alpha value is -3.93. The van der Waals surface area contributed by atoms with E-state index in [-0.39, 0.29) is 0 Å². The van der Waals surface area contributed by atoms with Gasteiger partial charge in [-0.25, -0.2) is 5.43 Å². The molecule has 0 bridgehead atoms. The predicted molar refractivity (Wildman–Crippen MR) is 117 cm³/mol. The molecule has 152 valence electrons. The number of amides is 2. The van der Waals surface area contributed by atoms with Gasteiger partial charge in [0.2, 0.25) is 0 Å². The van der Waals surface area contributed by atoms with Gasteiger partial charge in [0.1, 0.15) is 12.4 Å². The summed E-state index contributed by atoms with van der Waals surface area (Å²) >= 11 is 0. The summed E-state index contributed by atoms with van der Waals surface area (Å²) < 4.78 is 5.73. The van der Waals surface area contributed by atoms with Crippen LogP contribution in [0.15, 0.2) is 84.0 Å². The van der Waals surface area contributed by atoms with E-state index in [0.717, 1.165) is 28.9 Å². The highest BCUT2D eigenvalue weighted by Crippen LogP contribution is 2.15. The van der Waals surface area contributed by atoms with Gasteiger partial charge in [0.25, 0.3) is 0 Å². The van der Waals surface area contributed by atoms with Crippen molar-refractivity contribution in [2.24, 2.45) is 5.10 Å². The molecule has 2 N–H and O–H groups in total. The molecule has 0 spiro atoms. The number of benzene rings is 3. The van der Waals surface area contributed by atoms with Gasteiger partial charge >= 0.3 is 11.8 Å². The highest BCUT2D eigenvalue weighted by molar-refractivity contribution is 6.39. The number of hydrazone groups is 1. The van der Waals surface area contributed by atoms with E-state index >= 15 is 0 Å². The minimum Gasteiger partial charge on any atom is -0.489 e. The summed E-state index contributed by atoms with van der Waals surface area (Å²) in [7, 11) is 0. The summed E-state index contributed by atoms with van der Waals surface area (Å²) in [5.41, 5.74) is 5.66. The monoisotopic (exact) mass is 401 g/mol. The Morgan fingerprint density at radius 3 is 2.33 bits per heavy atom. The molecule has 30 heavy (non-hydrogen) atoms. The van der Waals surface area contributed by atoms with Gasteiger partial charge in [-0.15, -0.1) is 0 Å². The first-order valence-electron chi connectivity index (χ1n) is 9.65. The summed E-state index contributed by atoms with van der Waals surface area (Å²) in [6.45, 7) is 2.47. The topological polar surface area (TPSA) is 79.8 Å². The van der Waals surface area contributed by atoms with Crippen LogP contribution >= 0.6 is 0 Å². The van der Waals surface area contributed by atoms with Gasteiger partial charge in [0.15, 0.2) is 0 Å². The molecule has 0 saturated carbocycles. The Balaban J connectivity index is 1.48. The van der Waals surface area contributed by atoms with E-state index in [1.54, 1.807) is 12.1 Å². The number of carbonyl (C=O) groups is 2. The van der Waals surface area contributed by atoms with Crippen molar-refractivity contribution in [3.05, 3.63) is 95.6 Å². The number of hydrogen-bond donors (Lipinski definition) is 2. The molecule has 0 fully saturated rings. The van der Waals surface area contributed by atoms with E-state index in [9.17, 15) is 9.59 Å². The second-order valence-corrected chi connectivity index (χ2v) is 6.51. The summed E-state index contributed by atoms with van der Waals surface area (Å²) in [5, 5.41) is 6.45. The SMILES string of the molecule is CCc1ccccc1NC(=O)C(=O)N/N=C/c1ccc(OCc2ccccc2)cc1. The van der Waals surface area contributed by atoms with Crippen molar-refractivity contribution < 1.29 is 14.3 Å². The van der Waals surface area contributed by atoms with Crippen LogP contribution in [0.4, 0.5) is 5.69 Å². The molecule has 0 atom stereocenters. The highest BCUT2D eigenvalue weighted by Gasteiger charge is 2.14. The maximum atomic E-state index is 12.0. The van der Waals surface area contributed by atoms with Gasteiger partial charge in [-0.2, -0.15) is 5.10 Å². The van der Waals surface area contributed by atoms with Gasteiger partial charge in [0.05, 0.1) is 6.21 Å². The average Bonchev–Trinajstić information content (AvgIpc) is 2.79. The molecule has 0 aliphatic carbocycles. The predicted octanol–water partition coefficient (Wildman–Crippen LogP) is 3.92. The largest absolute Gasteiger partial charge is 0.489 e. The molecular weight excluding hydrogens is 378 g/mol. The van der Waals surface area contributed by atoms with Crippen molar-refractivity contribution in [3.63, 3.8) is 0 Å². The number of ether oxygens (including phenoxy) is 1. The first kappa shape index (κ1) is 20.8. The Morgan fingerprint density at radius 1 is 0.900 bits per heavy atom. The summed E-state index contributed by atoms with van der Waals surface area (Å²) in [4.78, 5) is 24.0. The molecule has 2 amide bonds. The lowest BCUT2D eigenvalue weighted by Crippen LogP contribution is -2.32. The second-order valence-electron chi connectivity index (χ2n) is 6.51. The highest BCUT2D eigenvalue weighted by atomic mass is 16.5. The van der Waals surface area contributed by atoms with E-state index in [1.807, 2.05) is 73.7 Å².